The molecular formula is C20H26O3. The van der Waals surface area contributed by atoms with Crippen LogP contribution in [-0.4, -0.2) is 18.9 Å². The Balaban J connectivity index is 1.67. The summed E-state index contributed by atoms with van der Waals surface area (Å²) in [5.74, 6) is 0.238. The van der Waals surface area contributed by atoms with Crippen molar-refractivity contribution in [3.63, 3.8) is 0 Å². The smallest absolute Gasteiger partial charge is 0.313 e. The van der Waals surface area contributed by atoms with Gasteiger partial charge in [-0.15, -0.1) is 0 Å². The van der Waals surface area contributed by atoms with E-state index < -0.39 is 0 Å². The third-order valence-electron chi connectivity index (χ3n) is 5.74. The van der Waals surface area contributed by atoms with Crippen LogP contribution in [0.5, 0.6) is 0 Å². The monoisotopic (exact) mass is 314 g/mol. The van der Waals surface area contributed by atoms with Crippen LogP contribution in [0.15, 0.2) is 34.9 Å². The number of hydrogen-bond donors (Lipinski definition) is 0. The molecule has 1 saturated heterocycles. The van der Waals surface area contributed by atoms with Gasteiger partial charge in [-0.3, -0.25) is 9.59 Å². The summed E-state index contributed by atoms with van der Waals surface area (Å²) in [7, 11) is 0. The molecule has 0 aromatic heterocycles. The van der Waals surface area contributed by atoms with Crippen molar-refractivity contribution in [1.29, 1.82) is 0 Å². The van der Waals surface area contributed by atoms with Gasteiger partial charge >= 0.3 is 5.97 Å². The van der Waals surface area contributed by atoms with Gasteiger partial charge < -0.3 is 4.74 Å². The molecule has 3 nitrogen and oxygen atoms in total. The average Bonchev–Trinajstić information content (AvgIpc) is 2.97. The molecule has 0 aromatic carbocycles. The normalized spacial score (nSPS) is 35.4. The summed E-state index contributed by atoms with van der Waals surface area (Å²) in [5, 5.41) is 0. The van der Waals surface area contributed by atoms with E-state index in [1.54, 1.807) is 0 Å². The highest BCUT2D eigenvalue weighted by molar-refractivity contribution is 5.89. The van der Waals surface area contributed by atoms with Gasteiger partial charge in [0.1, 0.15) is 6.29 Å². The zero-order valence-corrected chi connectivity index (χ0v) is 14.3. The van der Waals surface area contributed by atoms with E-state index in [0.717, 1.165) is 32.0 Å². The average molecular weight is 314 g/mol. The van der Waals surface area contributed by atoms with E-state index in [0.29, 0.717) is 18.1 Å². The molecule has 1 aliphatic heterocycles. The number of carbonyl (C=O) groups is 2. The highest BCUT2D eigenvalue weighted by atomic mass is 16.5. The van der Waals surface area contributed by atoms with E-state index in [1.165, 1.54) is 11.1 Å². The first-order valence-corrected chi connectivity index (χ1v) is 8.60. The summed E-state index contributed by atoms with van der Waals surface area (Å²) < 4.78 is 5.45. The molecule has 124 valence electrons. The molecule has 1 heterocycles. The summed E-state index contributed by atoms with van der Waals surface area (Å²) in [6.45, 7) is 6.97. The van der Waals surface area contributed by atoms with Crippen LogP contribution in [0.3, 0.4) is 0 Å². The van der Waals surface area contributed by atoms with Crippen molar-refractivity contribution in [2.24, 2.45) is 23.2 Å². The number of cyclic esters (lactones) is 1. The predicted octanol–water partition coefficient (Wildman–Crippen LogP) is 4.00. The van der Waals surface area contributed by atoms with Crippen molar-refractivity contribution in [2.75, 3.05) is 6.61 Å². The molecule has 4 atom stereocenters. The van der Waals surface area contributed by atoms with E-state index in [9.17, 15) is 9.59 Å². The van der Waals surface area contributed by atoms with Crippen molar-refractivity contribution in [3.8, 4) is 0 Å². The van der Waals surface area contributed by atoms with Gasteiger partial charge in [0.15, 0.2) is 0 Å². The summed E-state index contributed by atoms with van der Waals surface area (Å²) in [4.78, 5) is 23.2. The second-order valence-corrected chi connectivity index (χ2v) is 7.63. The Labute approximate surface area is 138 Å². The molecule has 1 unspecified atom stereocenters. The summed E-state index contributed by atoms with van der Waals surface area (Å²) in [6, 6.07) is 0. The van der Waals surface area contributed by atoms with E-state index in [-0.39, 0.29) is 23.2 Å². The molecule has 1 saturated carbocycles. The first-order valence-electron chi connectivity index (χ1n) is 8.60. The van der Waals surface area contributed by atoms with Crippen LogP contribution in [0.4, 0.5) is 0 Å². The quantitative estimate of drug-likeness (QED) is 0.437. The maximum absolute atomic E-state index is 12.1. The van der Waals surface area contributed by atoms with Crippen LogP contribution in [0, 0.1) is 23.2 Å². The van der Waals surface area contributed by atoms with Gasteiger partial charge in [-0.1, -0.05) is 29.4 Å². The van der Waals surface area contributed by atoms with Crippen molar-refractivity contribution in [1.82, 2.24) is 0 Å². The summed E-state index contributed by atoms with van der Waals surface area (Å²) in [6.07, 6.45) is 11.5. The predicted molar refractivity (Wildman–Crippen MR) is 89.7 cm³/mol. The van der Waals surface area contributed by atoms with Gasteiger partial charge in [-0.25, -0.2) is 0 Å². The first kappa shape index (κ1) is 16.2. The van der Waals surface area contributed by atoms with E-state index in [2.05, 4.69) is 32.9 Å². The molecule has 23 heavy (non-hydrogen) atoms. The number of rotatable bonds is 5. The number of allylic oxidation sites excluding steroid dienone is 5. The molecule has 0 amide bonds. The van der Waals surface area contributed by atoms with Crippen LogP contribution in [0.25, 0.3) is 0 Å². The third kappa shape index (κ3) is 2.93. The van der Waals surface area contributed by atoms with Crippen molar-refractivity contribution < 1.29 is 14.3 Å². The number of fused-ring (bicyclic) bond motifs is 2. The van der Waals surface area contributed by atoms with Gasteiger partial charge in [-0.2, -0.15) is 0 Å². The zero-order valence-electron chi connectivity index (χ0n) is 14.3. The second-order valence-electron chi connectivity index (χ2n) is 7.63. The second kappa shape index (κ2) is 6.10. The van der Waals surface area contributed by atoms with Gasteiger partial charge in [0.05, 0.1) is 12.5 Å². The highest BCUT2D eigenvalue weighted by Crippen LogP contribution is 2.65. The van der Waals surface area contributed by atoms with E-state index in [1.807, 2.05) is 6.08 Å². The SMILES string of the molecule is CC(C)=CCC/C(C)=C/[C@@H]1C[C@@]12COC(=O)[C@H]1C(C=O)=CCC12. The molecule has 2 fully saturated rings. The molecule has 3 rings (SSSR count). The molecule has 3 heteroatoms. The lowest BCUT2D eigenvalue weighted by atomic mass is 9.75. The Kier molecular flexibility index (Phi) is 4.31. The minimum absolute atomic E-state index is 0.0810. The van der Waals surface area contributed by atoms with Gasteiger partial charge in [0.2, 0.25) is 0 Å². The zero-order chi connectivity index (χ0) is 16.6. The third-order valence-corrected chi connectivity index (χ3v) is 5.74. The molecule has 3 aliphatic rings. The van der Waals surface area contributed by atoms with Crippen LogP contribution < -0.4 is 0 Å². The molecule has 0 radical (unpaired) electrons. The van der Waals surface area contributed by atoms with Crippen LogP contribution in [0.1, 0.15) is 46.5 Å². The lowest BCUT2D eigenvalue weighted by Crippen LogP contribution is -2.40. The molecular weight excluding hydrogens is 288 g/mol. The van der Waals surface area contributed by atoms with Gasteiger partial charge in [0, 0.05) is 11.0 Å². The van der Waals surface area contributed by atoms with Crippen molar-refractivity contribution >= 4 is 12.3 Å². The fourth-order valence-electron chi connectivity index (χ4n) is 4.33. The summed E-state index contributed by atoms with van der Waals surface area (Å²) >= 11 is 0. The fourth-order valence-corrected chi connectivity index (χ4v) is 4.33. The number of esters is 1. The largest absolute Gasteiger partial charge is 0.465 e. The molecule has 0 bridgehead atoms. The Bertz CT molecular complexity index is 606. The minimum Gasteiger partial charge on any atom is -0.465 e. The maximum Gasteiger partial charge on any atom is 0.313 e. The molecule has 1 spiro atoms. The number of ether oxygens (including phenoxy) is 1. The fraction of sp³-hybridized carbons (Fsp3) is 0.600. The molecule has 0 aromatic rings. The Morgan fingerprint density at radius 1 is 1.39 bits per heavy atom. The van der Waals surface area contributed by atoms with Gasteiger partial charge in [0.25, 0.3) is 0 Å². The standard InChI is InChI=1S/C20H26O3/c1-13(2)5-4-6-14(3)9-16-10-20(16)12-23-19(22)18-15(11-21)7-8-17(18)20/h5,7,9,11,16-18H,4,6,8,10,12H2,1-3H3/b14-9+/t16-,17?,18+,20-/m1/s1. The summed E-state index contributed by atoms with van der Waals surface area (Å²) in [5.41, 5.74) is 3.49. The van der Waals surface area contributed by atoms with E-state index >= 15 is 0 Å². The van der Waals surface area contributed by atoms with Crippen LogP contribution >= 0.6 is 0 Å². The Hall–Kier alpha value is -1.64. The van der Waals surface area contributed by atoms with Crippen LogP contribution in [0.2, 0.25) is 0 Å². The molecule has 0 N–H and O–H groups in total. The minimum atomic E-state index is -0.314. The highest BCUT2D eigenvalue weighted by Gasteiger charge is 2.65. The Morgan fingerprint density at radius 2 is 2.17 bits per heavy atom. The van der Waals surface area contributed by atoms with Crippen molar-refractivity contribution in [2.45, 2.75) is 46.5 Å². The molecule has 2 aliphatic carbocycles. The maximum atomic E-state index is 12.1. The Morgan fingerprint density at radius 3 is 2.87 bits per heavy atom. The lowest BCUT2D eigenvalue weighted by molar-refractivity contribution is -0.160. The van der Waals surface area contributed by atoms with Gasteiger partial charge in [-0.05, 0) is 58.3 Å². The first-order chi connectivity index (χ1) is 11.0. The topological polar surface area (TPSA) is 43.4 Å². The van der Waals surface area contributed by atoms with E-state index in [4.69, 9.17) is 4.74 Å². The van der Waals surface area contributed by atoms with Crippen molar-refractivity contribution in [3.05, 3.63) is 34.9 Å². The van der Waals surface area contributed by atoms with Crippen LogP contribution in [-0.2, 0) is 14.3 Å². The number of carbonyl (C=O) groups excluding carboxylic acids is 2. The number of hydrogen-bond acceptors (Lipinski definition) is 3. The lowest BCUT2D eigenvalue weighted by Gasteiger charge is -2.34. The number of aldehydes is 1.